The van der Waals surface area contributed by atoms with Crippen LogP contribution in [0.3, 0.4) is 0 Å². The Morgan fingerprint density at radius 1 is 0.971 bits per heavy atom. The fourth-order valence-electron chi connectivity index (χ4n) is 4.94. The highest BCUT2D eigenvalue weighted by Crippen LogP contribution is 2.48. The van der Waals surface area contributed by atoms with Gasteiger partial charge in [-0.05, 0) is 38.0 Å². The molecule has 0 bridgehead atoms. The number of Topliss-reactive ketones (excluding diaryl/α,β-unsaturated/α-hetero) is 1. The summed E-state index contributed by atoms with van der Waals surface area (Å²) in [5.74, 6) is -1.47. The van der Waals surface area contributed by atoms with Crippen molar-refractivity contribution in [2.24, 2.45) is 0 Å². The van der Waals surface area contributed by atoms with Crippen LogP contribution in [0.5, 0.6) is 0 Å². The van der Waals surface area contributed by atoms with Crippen LogP contribution in [0.2, 0.25) is 0 Å². The zero-order valence-electron chi connectivity index (χ0n) is 18.9. The fraction of sp³-hybridized carbons (Fsp3) is 0.172. The number of anilines is 1. The third kappa shape index (κ3) is 3.63. The van der Waals surface area contributed by atoms with Gasteiger partial charge in [-0.2, -0.15) is 0 Å². The quantitative estimate of drug-likeness (QED) is 0.435. The van der Waals surface area contributed by atoms with Gasteiger partial charge in [0, 0.05) is 46.0 Å². The number of hydrogen-bond acceptors (Lipinski definition) is 3. The topological polar surface area (TPSA) is 64.4 Å². The number of ketones is 1. The van der Waals surface area contributed by atoms with Crippen molar-refractivity contribution >= 4 is 23.1 Å². The minimum atomic E-state index is -0.863. The number of aryl methyl sites for hydroxylation is 1. The molecule has 3 aromatic rings. The molecule has 5 rings (SSSR count). The molecular weight excluding hydrogens is 427 g/mol. The van der Waals surface area contributed by atoms with Crippen molar-refractivity contribution in [2.45, 2.75) is 32.1 Å². The van der Waals surface area contributed by atoms with E-state index in [0.29, 0.717) is 36.1 Å². The van der Waals surface area contributed by atoms with Gasteiger partial charge < -0.3 is 5.11 Å². The summed E-state index contributed by atoms with van der Waals surface area (Å²) >= 11 is 0. The van der Waals surface area contributed by atoms with Gasteiger partial charge in [0.25, 0.3) is 0 Å². The average molecular weight is 453 g/mol. The van der Waals surface area contributed by atoms with Gasteiger partial charge in [-0.1, -0.05) is 66.2 Å². The summed E-state index contributed by atoms with van der Waals surface area (Å²) in [6.07, 6.45) is 1.63. The molecule has 1 atom stereocenters. The predicted octanol–water partition coefficient (Wildman–Crippen LogP) is 6.69. The monoisotopic (exact) mass is 452 g/mol. The van der Waals surface area contributed by atoms with E-state index in [9.17, 15) is 15.3 Å². The minimum absolute atomic E-state index is 0.0472. The SMILES string of the molecule is Cc1ccc(/C(O)=C2\C(=N)N(c3ccccc3)C3=C(C(=O)CCC3)C2c2ccccc2F)cc1. The van der Waals surface area contributed by atoms with Gasteiger partial charge in [0.2, 0.25) is 0 Å². The fourth-order valence-corrected chi connectivity index (χ4v) is 4.94. The first-order valence-corrected chi connectivity index (χ1v) is 11.4. The van der Waals surface area contributed by atoms with Crippen molar-refractivity contribution in [3.8, 4) is 0 Å². The first-order valence-electron chi connectivity index (χ1n) is 11.4. The number of benzene rings is 3. The Morgan fingerprint density at radius 2 is 1.65 bits per heavy atom. The Bertz CT molecular complexity index is 1340. The van der Waals surface area contributed by atoms with E-state index in [1.165, 1.54) is 6.07 Å². The van der Waals surface area contributed by atoms with E-state index in [2.05, 4.69) is 0 Å². The minimum Gasteiger partial charge on any atom is -0.507 e. The van der Waals surface area contributed by atoms with Gasteiger partial charge in [-0.15, -0.1) is 0 Å². The molecule has 1 heterocycles. The van der Waals surface area contributed by atoms with Gasteiger partial charge in [0.05, 0.1) is 0 Å². The number of halogens is 1. The molecule has 1 aliphatic heterocycles. The van der Waals surface area contributed by atoms with E-state index < -0.39 is 11.7 Å². The Balaban J connectivity index is 1.84. The number of amidine groups is 1. The molecule has 1 unspecified atom stereocenters. The van der Waals surface area contributed by atoms with Gasteiger partial charge in [-0.25, -0.2) is 4.39 Å². The largest absolute Gasteiger partial charge is 0.507 e. The van der Waals surface area contributed by atoms with Crippen LogP contribution < -0.4 is 4.90 Å². The zero-order chi connectivity index (χ0) is 23.8. The molecule has 2 aliphatic rings. The van der Waals surface area contributed by atoms with Crippen molar-refractivity contribution in [3.05, 3.63) is 118 Å². The number of carbonyl (C=O) groups excluding carboxylic acids is 1. The lowest BCUT2D eigenvalue weighted by Crippen LogP contribution is -2.42. The Hall–Kier alpha value is -3.99. The number of para-hydroxylation sites is 1. The number of aliphatic hydroxyl groups excluding tert-OH is 1. The molecule has 0 aromatic heterocycles. The van der Waals surface area contributed by atoms with Crippen molar-refractivity contribution < 1.29 is 14.3 Å². The highest BCUT2D eigenvalue weighted by Gasteiger charge is 2.43. The van der Waals surface area contributed by atoms with Crippen LogP contribution in [0.15, 0.2) is 95.7 Å². The second kappa shape index (κ2) is 8.75. The summed E-state index contributed by atoms with van der Waals surface area (Å²) < 4.78 is 15.2. The molecule has 0 spiro atoms. The van der Waals surface area contributed by atoms with Crippen LogP contribution in [0.4, 0.5) is 10.1 Å². The molecule has 0 amide bonds. The van der Waals surface area contributed by atoms with Crippen LogP contribution in [-0.4, -0.2) is 16.7 Å². The van der Waals surface area contributed by atoms with Gasteiger partial charge in [-0.3, -0.25) is 15.1 Å². The van der Waals surface area contributed by atoms with Crippen molar-refractivity contribution in [2.75, 3.05) is 4.90 Å². The van der Waals surface area contributed by atoms with Crippen LogP contribution in [0, 0.1) is 18.2 Å². The number of nitrogens with zero attached hydrogens (tertiary/aromatic N) is 1. The molecule has 2 N–H and O–H groups in total. The molecule has 4 nitrogen and oxygen atoms in total. The molecule has 0 radical (unpaired) electrons. The van der Waals surface area contributed by atoms with E-state index >= 15 is 4.39 Å². The first-order chi connectivity index (χ1) is 16.5. The maximum Gasteiger partial charge on any atom is 0.161 e. The smallest absolute Gasteiger partial charge is 0.161 e. The zero-order valence-corrected chi connectivity index (χ0v) is 18.9. The molecule has 34 heavy (non-hydrogen) atoms. The Labute approximate surface area is 198 Å². The van der Waals surface area contributed by atoms with E-state index in [0.717, 1.165) is 11.3 Å². The molecule has 0 saturated carbocycles. The first kappa shape index (κ1) is 21.8. The number of nitrogens with one attached hydrogen (secondary N) is 1. The molecule has 0 saturated heterocycles. The lowest BCUT2D eigenvalue weighted by molar-refractivity contribution is -0.116. The van der Waals surface area contributed by atoms with Crippen molar-refractivity contribution in [1.29, 1.82) is 5.41 Å². The van der Waals surface area contributed by atoms with Crippen LogP contribution >= 0.6 is 0 Å². The lowest BCUT2D eigenvalue weighted by Gasteiger charge is -2.41. The molecular formula is C29H25FN2O2. The van der Waals surface area contributed by atoms with E-state index in [1.807, 2.05) is 49.4 Å². The van der Waals surface area contributed by atoms with E-state index in [1.54, 1.807) is 35.2 Å². The Morgan fingerprint density at radius 3 is 2.35 bits per heavy atom. The Kier molecular flexibility index (Phi) is 5.62. The highest BCUT2D eigenvalue weighted by atomic mass is 19.1. The summed E-state index contributed by atoms with van der Waals surface area (Å²) in [4.78, 5) is 15.1. The second-order valence-corrected chi connectivity index (χ2v) is 8.74. The summed E-state index contributed by atoms with van der Waals surface area (Å²) in [6, 6.07) is 23.0. The second-order valence-electron chi connectivity index (χ2n) is 8.74. The number of carbonyl (C=O) groups is 1. The molecule has 5 heteroatoms. The lowest BCUT2D eigenvalue weighted by atomic mass is 9.73. The van der Waals surface area contributed by atoms with E-state index in [4.69, 9.17) is 0 Å². The summed E-state index contributed by atoms with van der Waals surface area (Å²) in [5.41, 5.74) is 3.97. The van der Waals surface area contributed by atoms with Gasteiger partial charge in [0.1, 0.15) is 17.4 Å². The summed E-state index contributed by atoms with van der Waals surface area (Å²) in [5, 5.41) is 20.8. The maximum absolute atomic E-state index is 15.2. The molecule has 0 fully saturated rings. The van der Waals surface area contributed by atoms with Crippen LogP contribution in [0.1, 0.15) is 41.9 Å². The summed E-state index contributed by atoms with van der Waals surface area (Å²) in [6.45, 7) is 1.95. The van der Waals surface area contributed by atoms with Crippen LogP contribution in [0.25, 0.3) is 5.76 Å². The number of aliphatic hydroxyl groups is 1. The predicted molar refractivity (Wildman–Crippen MR) is 132 cm³/mol. The third-order valence-electron chi connectivity index (χ3n) is 6.57. The van der Waals surface area contributed by atoms with Crippen molar-refractivity contribution in [1.82, 2.24) is 0 Å². The standard InChI is InChI=1S/C29H25FN2O2/c1-18-14-16-19(17-15-18)28(34)27-25(21-10-5-6-11-22(21)30)26-23(12-7-13-24(26)33)32(29(27)31)20-8-3-2-4-9-20/h2-6,8-11,14-17,25,31,34H,7,12-13H2,1H3/b28-27+,31-29?. The molecule has 1 aliphatic carbocycles. The van der Waals surface area contributed by atoms with Gasteiger partial charge in [0.15, 0.2) is 5.78 Å². The van der Waals surface area contributed by atoms with E-state index in [-0.39, 0.29) is 28.5 Å². The maximum atomic E-state index is 15.2. The highest BCUT2D eigenvalue weighted by molar-refractivity contribution is 6.19. The summed E-state index contributed by atoms with van der Waals surface area (Å²) in [7, 11) is 0. The number of allylic oxidation sites excluding steroid dienone is 2. The number of rotatable bonds is 3. The third-order valence-corrected chi connectivity index (χ3v) is 6.57. The van der Waals surface area contributed by atoms with Crippen LogP contribution in [-0.2, 0) is 4.79 Å². The normalized spacial score (nSPS) is 19.8. The van der Waals surface area contributed by atoms with Crippen molar-refractivity contribution in [3.63, 3.8) is 0 Å². The molecule has 170 valence electrons. The average Bonchev–Trinajstić information content (AvgIpc) is 2.84. The van der Waals surface area contributed by atoms with Gasteiger partial charge >= 0.3 is 0 Å². The molecule has 3 aromatic carbocycles. The number of hydrogen-bond donors (Lipinski definition) is 2.